The maximum atomic E-state index is 5.42. The number of nitrogens with zero attached hydrogens (tertiary/aromatic N) is 2. The molecule has 2 fully saturated rings. The number of aromatic nitrogens is 2. The van der Waals surface area contributed by atoms with Crippen molar-refractivity contribution in [2.24, 2.45) is 5.92 Å². The fraction of sp³-hybridized carbons (Fsp3) is 0.857. The van der Waals surface area contributed by atoms with E-state index in [1.165, 1.54) is 44.9 Å². The minimum Gasteiger partial charge on any atom is -0.339 e. The van der Waals surface area contributed by atoms with Crippen LogP contribution in [-0.2, 0) is 12.8 Å². The molecular weight excluding hydrogens is 226 g/mol. The molecule has 3 rings (SSSR count). The van der Waals surface area contributed by atoms with Gasteiger partial charge >= 0.3 is 0 Å². The third-order valence-electron chi connectivity index (χ3n) is 4.51. The maximum absolute atomic E-state index is 5.42. The molecule has 2 saturated carbocycles. The molecule has 0 aliphatic heterocycles. The minimum atomic E-state index is 0.196. The van der Waals surface area contributed by atoms with Crippen molar-refractivity contribution in [3.63, 3.8) is 0 Å². The van der Waals surface area contributed by atoms with Crippen molar-refractivity contribution in [1.82, 2.24) is 15.5 Å². The van der Waals surface area contributed by atoms with Crippen LogP contribution < -0.4 is 5.32 Å². The Morgan fingerprint density at radius 1 is 1.28 bits per heavy atom. The molecule has 1 heterocycles. The van der Waals surface area contributed by atoms with E-state index in [2.05, 4.69) is 22.5 Å². The van der Waals surface area contributed by atoms with Gasteiger partial charge in [-0.1, -0.05) is 24.4 Å². The third-order valence-corrected chi connectivity index (χ3v) is 4.51. The summed E-state index contributed by atoms with van der Waals surface area (Å²) in [6.07, 6.45) is 11.0. The van der Waals surface area contributed by atoms with Gasteiger partial charge in [0.2, 0.25) is 5.89 Å². The molecule has 0 amide bonds. The van der Waals surface area contributed by atoms with Gasteiger partial charge in [-0.25, -0.2) is 0 Å². The van der Waals surface area contributed by atoms with Crippen LogP contribution in [0.3, 0.4) is 0 Å². The Balaban J connectivity index is 1.64. The molecule has 1 aromatic heterocycles. The zero-order valence-corrected chi connectivity index (χ0v) is 11.2. The quantitative estimate of drug-likeness (QED) is 0.871. The van der Waals surface area contributed by atoms with E-state index in [1.807, 2.05) is 0 Å². The van der Waals surface area contributed by atoms with Crippen LogP contribution in [0.5, 0.6) is 0 Å². The van der Waals surface area contributed by atoms with Crippen LogP contribution in [0.25, 0.3) is 0 Å². The SMILES string of the molecule is CNC1(Cc2nc(CC3CC3)no2)CCCCC1. The Hall–Kier alpha value is -0.900. The summed E-state index contributed by atoms with van der Waals surface area (Å²) in [6, 6.07) is 0. The van der Waals surface area contributed by atoms with Crippen LogP contribution in [0.1, 0.15) is 56.7 Å². The Bertz CT molecular complexity index is 391. The van der Waals surface area contributed by atoms with Crippen LogP contribution in [0, 0.1) is 5.92 Å². The van der Waals surface area contributed by atoms with Gasteiger partial charge in [0, 0.05) is 18.4 Å². The van der Waals surface area contributed by atoms with E-state index >= 15 is 0 Å². The number of hydrogen-bond donors (Lipinski definition) is 1. The standard InChI is InChI=1S/C14H23N3O/c1-15-14(7-3-2-4-8-14)10-13-16-12(17-18-13)9-11-5-6-11/h11,15H,2-10H2,1H3. The Labute approximate surface area is 109 Å². The molecule has 1 N–H and O–H groups in total. The van der Waals surface area contributed by atoms with Gasteiger partial charge in [0.1, 0.15) is 0 Å². The highest BCUT2D eigenvalue weighted by molar-refractivity contribution is 5.00. The van der Waals surface area contributed by atoms with Crippen LogP contribution >= 0.6 is 0 Å². The number of hydrogen-bond acceptors (Lipinski definition) is 4. The van der Waals surface area contributed by atoms with E-state index in [-0.39, 0.29) is 5.54 Å². The zero-order valence-electron chi connectivity index (χ0n) is 11.2. The smallest absolute Gasteiger partial charge is 0.228 e. The average molecular weight is 249 g/mol. The highest BCUT2D eigenvalue weighted by Gasteiger charge is 2.33. The fourth-order valence-electron chi connectivity index (χ4n) is 3.06. The lowest BCUT2D eigenvalue weighted by Crippen LogP contribution is -2.46. The molecule has 18 heavy (non-hydrogen) atoms. The first-order valence-corrected chi connectivity index (χ1v) is 7.30. The summed E-state index contributed by atoms with van der Waals surface area (Å²) in [4.78, 5) is 4.56. The maximum Gasteiger partial charge on any atom is 0.228 e. The lowest BCUT2D eigenvalue weighted by atomic mass is 9.79. The van der Waals surface area contributed by atoms with Crippen LogP contribution in [0.2, 0.25) is 0 Å². The highest BCUT2D eigenvalue weighted by Crippen LogP contribution is 2.33. The van der Waals surface area contributed by atoms with Crippen LogP contribution in [-0.4, -0.2) is 22.7 Å². The summed E-state index contributed by atoms with van der Waals surface area (Å²) in [5.74, 6) is 2.56. The van der Waals surface area contributed by atoms with Gasteiger partial charge in [0.25, 0.3) is 0 Å². The first kappa shape index (κ1) is 12.2. The summed E-state index contributed by atoms with van der Waals surface area (Å²) < 4.78 is 5.42. The molecule has 2 aliphatic carbocycles. The van der Waals surface area contributed by atoms with Gasteiger partial charge in [0.05, 0.1) is 0 Å². The van der Waals surface area contributed by atoms with Gasteiger partial charge in [0.15, 0.2) is 5.82 Å². The molecule has 4 nitrogen and oxygen atoms in total. The first-order chi connectivity index (χ1) is 8.80. The van der Waals surface area contributed by atoms with Crippen molar-refractivity contribution < 1.29 is 4.52 Å². The molecule has 2 aliphatic rings. The van der Waals surface area contributed by atoms with E-state index in [0.717, 1.165) is 30.5 Å². The predicted octanol–water partition coefficient (Wildman–Crippen LogP) is 2.49. The largest absolute Gasteiger partial charge is 0.339 e. The molecule has 4 heteroatoms. The summed E-state index contributed by atoms with van der Waals surface area (Å²) in [5, 5.41) is 7.61. The lowest BCUT2D eigenvalue weighted by Gasteiger charge is -2.36. The Morgan fingerprint density at radius 3 is 2.72 bits per heavy atom. The molecule has 0 bridgehead atoms. The van der Waals surface area contributed by atoms with E-state index in [9.17, 15) is 0 Å². The van der Waals surface area contributed by atoms with Gasteiger partial charge in [-0.05, 0) is 38.6 Å². The molecule has 0 radical (unpaired) electrons. The molecule has 0 spiro atoms. The zero-order chi connectivity index (χ0) is 12.4. The number of rotatable bonds is 5. The van der Waals surface area contributed by atoms with E-state index < -0.39 is 0 Å². The molecule has 0 saturated heterocycles. The average Bonchev–Trinajstić information content (AvgIpc) is 3.10. The number of nitrogens with one attached hydrogen (secondary N) is 1. The summed E-state index contributed by atoms with van der Waals surface area (Å²) >= 11 is 0. The molecule has 0 atom stereocenters. The highest BCUT2D eigenvalue weighted by atomic mass is 16.5. The van der Waals surface area contributed by atoms with Gasteiger partial charge in [-0.2, -0.15) is 4.98 Å². The summed E-state index contributed by atoms with van der Waals surface area (Å²) in [5.41, 5.74) is 0.196. The van der Waals surface area contributed by atoms with Crippen molar-refractivity contribution in [2.75, 3.05) is 7.05 Å². The van der Waals surface area contributed by atoms with Gasteiger partial charge < -0.3 is 9.84 Å². The molecule has 0 aromatic carbocycles. The van der Waals surface area contributed by atoms with Crippen molar-refractivity contribution in [1.29, 1.82) is 0 Å². The van der Waals surface area contributed by atoms with Crippen molar-refractivity contribution >= 4 is 0 Å². The lowest BCUT2D eigenvalue weighted by molar-refractivity contribution is 0.221. The second kappa shape index (κ2) is 5.00. The minimum absolute atomic E-state index is 0.196. The monoisotopic (exact) mass is 249 g/mol. The molecule has 0 unspecified atom stereocenters. The first-order valence-electron chi connectivity index (χ1n) is 7.30. The van der Waals surface area contributed by atoms with Crippen molar-refractivity contribution in [3.05, 3.63) is 11.7 Å². The summed E-state index contributed by atoms with van der Waals surface area (Å²) in [6.45, 7) is 0. The van der Waals surface area contributed by atoms with E-state index in [1.54, 1.807) is 0 Å². The topological polar surface area (TPSA) is 51.0 Å². The van der Waals surface area contributed by atoms with Gasteiger partial charge in [-0.15, -0.1) is 0 Å². The van der Waals surface area contributed by atoms with E-state index in [0.29, 0.717) is 0 Å². The Kier molecular flexibility index (Phi) is 3.37. The normalized spacial score (nSPS) is 23.2. The van der Waals surface area contributed by atoms with Crippen molar-refractivity contribution in [3.8, 4) is 0 Å². The predicted molar refractivity (Wildman–Crippen MR) is 69.3 cm³/mol. The molecular formula is C14H23N3O. The number of likely N-dealkylation sites (N-methyl/N-ethyl adjacent to an activating group) is 1. The Morgan fingerprint density at radius 2 is 2.06 bits per heavy atom. The third kappa shape index (κ3) is 2.74. The summed E-state index contributed by atoms with van der Waals surface area (Å²) in [7, 11) is 2.06. The molecule has 1 aromatic rings. The second-order valence-corrected chi connectivity index (χ2v) is 6.02. The van der Waals surface area contributed by atoms with Crippen molar-refractivity contribution in [2.45, 2.75) is 63.3 Å². The van der Waals surface area contributed by atoms with Gasteiger partial charge in [-0.3, -0.25) is 0 Å². The van der Waals surface area contributed by atoms with Crippen LogP contribution in [0.4, 0.5) is 0 Å². The van der Waals surface area contributed by atoms with Crippen LogP contribution in [0.15, 0.2) is 4.52 Å². The second-order valence-electron chi connectivity index (χ2n) is 6.02. The van der Waals surface area contributed by atoms with E-state index in [4.69, 9.17) is 4.52 Å². The molecule has 100 valence electrons. The fourth-order valence-corrected chi connectivity index (χ4v) is 3.06.